The zero-order valence-corrected chi connectivity index (χ0v) is 22.3. The number of rotatable bonds is 8. The van der Waals surface area contributed by atoms with E-state index in [4.69, 9.17) is 26.3 Å². The van der Waals surface area contributed by atoms with Gasteiger partial charge < -0.3 is 24.6 Å². The molecular weight excluding hydrogens is 508 g/mol. The number of carbonyl (C=O) groups is 2. The summed E-state index contributed by atoms with van der Waals surface area (Å²) in [7, 11) is 0. The predicted molar refractivity (Wildman–Crippen MR) is 142 cm³/mol. The van der Waals surface area contributed by atoms with Gasteiger partial charge in [0.15, 0.2) is 11.5 Å². The number of amides is 2. The number of nitriles is 1. The van der Waals surface area contributed by atoms with Crippen LogP contribution in [0.4, 0.5) is 10.6 Å². The summed E-state index contributed by atoms with van der Waals surface area (Å²) in [5.41, 5.74) is 0.696. The number of carbonyl (C=O) groups excluding carboxylic acids is 2. The van der Waals surface area contributed by atoms with E-state index in [-0.39, 0.29) is 29.8 Å². The molecule has 38 heavy (non-hydrogen) atoms. The fourth-order valence-electron chi connectivity index (χ4n) is 4.56. The lowest BCUT2D eigenvalue weighted by atomic mass is 9.93. The van der Waals surface area contributed by atoms with Crippen LogP contribution in [-0.2, 0) is 4.74 Å². The lowest BCUT2D eigenvalue weighted by Crippen LogP contribution is -2.49. The van der Waals surface area contributed by atoms with Crippen molar-refractivity contribution in [2.24, 2.45) is 0 Å². The second-order valence-corrected chi connectivity index (χ2v) is 9.94. The Bertz CT molecular complexity index is 1140. The molecule has 1 aromatic heterocycles. The van der Waals surface area contributed by atoms with Gasteiger partial charge in [-0.25, -0.2) is 4.79 Å². The number of nitrogens with zero attached hydrogens (tertiary/aromatic N) is 5. The highest BCUT2D eigenvalue weighted by Gasteiger charge is 2.26. The molecule has 2 aliphatic rings. The highest BCUT2D eigenvalue weighted by molar-refractivity contribution is 6.31. The summed E-state index contributed by atoms with van der Waals surface area (Å²) >= 11 is 6.09. The van der Waals surface area contributed by atoms with Gasteiger partial charge in [0.1, 0.15) is 11.8 Å². The minimum absolute atomic E-state index is 0.0323. The van der Waals surface area contributed by atoms with E-state index in [1.807, 2.05) is 11.0 Å². The van der Waals surface area contributed by atoms with Crippen LogP contribution in [0.25, 0.3) is 0 Å². The monoisotopic (exact) mass is 540 g/mol. The topological polar surface area (TPSA) is 121 Å². The van der Waals surface area contributed by atoms with Crippen LogP contribution in [-0.4, -0.2) is 72.0 Å². The number of hydrogen-bond acceptors (Lipinski definition) is 8. The Morgan fingerprint density at radius 3 is 2.50 bits per heavy atom. The molecule has 1 aromatic carbocycles. The molecule has 2 amide bonds. The van der Waals surface area contributed by atoms with Gasteiger partial charge in [-0.05, 0) is 56.4 Å². The molecule has 1 N–H and O–H groups in total. The second-order valence-electron chi connectivity index (χ2n) is 9.54. The minimum Gasteiger partial charge on any atom is -0.490 e. The van der Waals surface area contributed by atoms with Crippen molar-refractivity contribution in [3.05, 3.63) is 46.6 Å². The Morgan fingerprint density at radius 2 is 1.87 bits per heavy atom. The fourth-order valence-corrected chi connectivity index (χ4v) is 4.78. The predicted octanol–water partition coefficient (Wildman–Crippen LogP) is 4.18. The van der Waals surface area contributed by atoms with Crippen LogP contribution in [0.2, 0.25) is 5.02 Å². The molecule has 11 heteroatoms. The molecule has 1 saturated heterocycles. The van der Waals surface area contributed by atoms with Crippen molar-refractivity contribution in [2.75, 3.05) is 37.7 Å². The van der Waals surface area contributed by atoms with Crippen LogP contribution in [0, 0.1) is 11.3 Å². The Balaban J connectivity index is 1.20. The summed E-state index contributed by atoms with van der Waals surface area (Å²) in [6.45, 7) is 4.88. The molecule has 2 fully saturated rings. The summed E-state index contributed by atoms with van der Waals surface area (Å²) in [6.07, 6.45) is 4.79. The number of aromatic nitrogens is 2. The summed E-state index contributed by atoms with van der Waals surface area (Å²) in [4.78, 5) is 28.6. The van der Waals surface area contributed by atoms with Gasteiger partial charge in [0.2, 0.25) is 0 Å². The number of halogens is 1. The standard InChI is InChI=1S/C27H33ClN6O4/c1-2-3-16-37-27(36)34-14-12-33(13-15-34)25-11-10-24(31-32-25)26(35)30-20-5-8-21(9-6-20)38-22-7-4-19(18-29)23(28)17-22/h4,7,10-11,17,20-21H,2-3,5-6,8-9,12-16H2,1H3,(H,30,35). The highest BCUT2D eigenvalue weighted by atomic mass is 35.5. The lowest BCUT2D eigenvalue weighted by Gasteiger charge is -2.34. The van der Waals surface area contributed by atoms with Crippen LogP contribution >= 0.6 is 11.6 Å². The van der Waals surface area contributed by atoms with Gasteiger partial charge in [-0.3, -0.25) is 4.79 Å². The van der Waals surface area contributed by atoms with E-state index in [9.17, 15) is 9.59 Å². The van der Waals surface area contributed by atoms with Crippen LogP contribution in [0.5, 0.6) is 5.75 Å². The molecule has 202 valence electrons. The van der Waals surface area contributed by atoms with E-state index >= 15 is 0 Å². The lowest BCUT2D eigenvalue weighted by molar-refractivity contribution is 0.0887. The highest BCUT2D eigenvalue weighted by Crippen LogP contribution is 2.27. The Morgan fingerprint density at radius 1 is 1.11 bits per heavy atom. The summed E-state index contributed by atoms with van der Waals surface area (Å²) in [5.74, 6) is 1.08. The Hall–Kier alpha value is -3.58. The van der Waals surface area contributed by atoms with Crippen molar-refractivity contribution >= 4 is 29.4 Å². The summed E-state index contributed by atoms with van der Waals surface area (Å²) in [6, 6.07) is 10.6. The van der Waals surface area contributed by atoms with Gasteiger partial charge in [-0.15, -0.1) is 10.2 Å². The van der Waals surface area contributed by atoms with Crippen molar-refractivity contribution in [3.63, 3.8) is 0 Å². The number of hydrogen-bond donors (Lipinski definition) is 1. The molecule has 2 aromatic rings. The first kappa shape index (κ1) is 27.5. The van der Waals surface area contributed by atoms with Crippen LogP contribution in [0.15, 0.2) is 30.3 Å². The third-order valence-corrected chi connectivity index (χ3v) is 7.15. The number of nitrogens with one attached hydrogen (secondary N) is 1. The van der Waals surface area contributed by atoms with E-state index in [2.05, 4.69) is 22.4 Å². The first-order valence-corrected chi connectivity index (χ1v) is 13.5. The molecule has 4 rings (SSSR count). The van der Waals surface area contributed by atoms with Crippen molar-refractivity contribution in [2.45, 2.75) is 57.6 Å². The molecule has 1 aliphatic heterocycles. The quantitative estimate of drug-likeness (QED) is 0.495. The normalized spacial score (nSPS) is 19.4. The first-order chi connectivity index (χ1) is 18.5. The molecule has 0 unspecified atom stereocenters. The van der Waals surface area contributed by atoms with E-state index in [1.165, 1.54) is 0 Å². The van der Waals surface area contributed by atoms with Gasteiger partial charge >= 0.3 is 6.09 Å². The van der Waals surface area contributed by atoms with Crippen molar-refractivity contribution < 1.29 is 19.1 Å². The molecule has 10 nitrogen and oxygen atoms in total. The average molecular weight is 541 g/mol. The van der Waals surface area contributed by atoms with Crippen molar-refractivity contribution in [1.82, 2.24) is 20.4 Å². The molecular formula is C27H33ClN6O4. The van der Waals surface area contributed by atoms with Crippen LogP contribution < -0.4 is 15.0 Å². The van der Waals surface area contributed by atoms with Crippen LogP contribution in [0.1, 0.15) is 61.5 Å². The van der Waals surface area contributed by atoms with E-state index in [0.717, 1.165) is 38.5 Å². The van der Waals surface area contributed by atoms with Crippen molar-refractivity contribution in [1.29, 1.82) is 5.26 Å². The molecule has 1 saturated carbocycles. The largest absolute Gasteiger partial charge is 0.490 e. The average Bonchev–Trinajstić information content (AvgIpc) is 2.94. The van der Waals surface area contributed by atoms with Gasteiger partial charge in [-0.2, -0.15) is 5.26 Å². The molecule has 0 bridgehead atoms. The van der Waals surface area contributed by atoms with Gasteiger partial charge in [0.05, 0.1) is 23.3 Å². The molecule has 2 heterocycles. The van der Waals surface area contributed by atoms with E-state index < -0.39 is 0 Å². The van der Waals surface area contributed by atoms with E-state index in [0.29, 0.717) is 54.9 Å². The number of unbranched alkanes of at least 4 members (excludes halogenated alkanes) is 1. The maximum absolute atomic E-state index is 12.7. The maximum atomic E-state index is 12.7. The molecule has 0 radical (unpaired) electrons. The fraction of sp³-hybridized carbons (Fsp3) is 0.519. The van der Waals surface area contributed by atoms with E-state index in [1.54, 1.807) is 35.2 Å². The number of benzene rings is 1. The zero-order valence-electron chi connectivity index (χ0n) is 21.6. The molecule has 0 atom stereocenters. The third kappa shape index (κ3) is 7.25. The number of ether oxygens (including phenoxy) is 2. The van der Waals surface area contributed by atoms with Gasteiger partial charge in [-0.1, -0.05) is 24.9 Å². The van der Waals surface area contributed by atoms with Crippen molar-refractivity contribution in [3.8, 4) is 11.8 Å². The SMILES string of the molecule is CCCCOC(=O)N1CCN(c2ccc(C(=O)NC3CCC(Oc4ccc(C#N)c(Cl)c4)CC3)nn2)CC1. The summed E-state index contributed by atoms with van der Waals surface area (Å²) < 4.78 is 11.3. The minimum atomic E-state index is -0.268. The van der Waals surface area contributed by atoms with Crippen LogP contribution in [0.3, 0.4) is 0 Å². The summed E-state index contributed by atoms with van der Waals surface area (Å²) in [5, 5.41) is 20.8. The zero-order chi connectivity index (χ0) is 26.9. The number of anilines is 1. The van der Waals surface area contributed by atoms with Gasteiger partial charge in [0.25, 0.3) is 5.91 Å². The Labute approximate surface area is 227 Å². The molecule has 0 spiro atoms. The second kappa shape index (κ2) is 13.3. The molecule has 1 aliphatic carbocycles. The maximum Gasteiger partial charge on any atom is 0.409 e. The Kier molecular flexibility index (Phi) is 9.60. The smallest absolute Gasteiger partial charge is 0.409 e. The van der Waals surface area contributed by atoms with Gasteiger partial charge in [0, 0.05) is 38.3 Å². The third-order valence-electron chi connectivity index (χ3n) is 6.84. The number of piperazine rings is 1. The first-order valence-electron chi connectivity index (χ1n) is 13.1.